The van der Waals surface area contributed by atoms with Crippen LogP contribution in [-0.2, 0) is 16.1 Å². The molecule has 92 valence electrons. The maximum Gasteiger partial charge on any atom is 0.307 e. The number of carbonyl (C=O) groups excluding carboxylic acids is 1. The Labute approximate surface area is 103 Å². The number of nitrogens with zero attached hydrogens (tertiary/aromatic N) is 1. The standard InChI is InChI=1S/C11H14N2O3S/c14-10(13-5-7-4-12-6-17-7)8-2-1-3-9(8)11(15)16/h4,6,8-9H,1-3,5H2,(H,13,14)(H,15,16). The maximum atomic E-state index is 11.9. The summed E-state index contributed by atoms with van der Waals surface area (Å²) >= 11 is 1.47. The normalized spacial score (nSPS) is 23.5. The van der Waals surface area contributed by atoms with E-state index in [1.165, 1.54) is 11.3 Å². The Kier molecular flexibility index (Phi) is 3.73. The first-order chi connectivity index (χ1) is 8.18. The zero-order valence-corrected chi connectivity index (χ0v) is 10.1. The van der Waals surface area contributed by atoms with Crippen molar-refractivity contribution in [2.24, 2.45) is 11.8 Å². The number of carboxylic acids is 1. The SMILES string of the molecule is O=C(O)C1CCCC1C(=O)NCc1cncs1. The number of aliphatic carboxylic acids is 1. The van der Waals surface area contributed by atoms with Crippen molar-refractivity contribution in [3.8, 4) is 0 Å². The summed E-state index contributed by atoms with van der Waals surface area (Å²) in [6, 6.07) is 0. The molecule has 6 heteroatoms. The van der Waals surface area contributed by atoms with Gasteiger partial charge in [-0.1, -0.05) is 6.42 Å². The third kappa shape index (κ3) is 2.82. The first kappa shape index (κ1) is 12.0. The summed E-state index contributed by atoms with van der Waals surface area (Å²) < 4.78 is 0. The molecule has 1 aliphatic rings. The monoisotopic (exact) mass is 254 g/mol. The van der Waals surface area contributed by atoms with Gasteiger partial charge in [0.2, 0.25) is 5.91 Å². The van der Waals surface area contributed by atoms with Crippen LogP contribution in [0.15, 0.2) is 11.7 Å². The molecule has 2 rings (SSSR count). The van der Waals surface area contributed by atoms with Gasteiger partial charge in [0.25, 0.3) is 0 Å². The highest BCUT2D eigenvalue weighted by molar-refractivity contribution is 7.09. The molecule has 0 aromatic carbocycles. The van der Waals surface area contributed by atoms with E-state index in [-0.39, 0.29) is 11.8 Å². The lowest BCUT2D eigenvalue weighted by Crippen LogP contribution is -2.34. The number of carbonyl (C=O) groups is 2. The Bertz CT molecular complexity index is 405. The number of aromatic nitrogens is 1. The summed E-state index contributed by atoms with van der Waals surface area (Å²) in [5.41, 5.74) is 1.71. The van der Waals surface area contributed by atoms with E-state index in [0.717, 1.165) is 11.3 Å². The Morgan fingerprint density at radius 3 is 2.88 bits per heavy atom. The Hall–Kier alpha value is -1.43. The van der Waals surface area contributed by atoms with Crippen molar-refractivity contribution >= 4 is 23.2 Å². The van der Waals surface area contributed by atoms with Crippen LogP contribution < -0.4 is 5.32 Å². The second-order valence-electron chi connectivity index (χ2n) is 4.17. The van der Waals surface area contributed by atoms with Crippen LogP contribution in [0.2, 0.25) is 0 Å². The zero-order valence-electron chi connectivity index (χ0n) is 9.26. The number of amides is 1. The number of rotatable bonds is 4. The molecule has 1 aromatic heterocycles. The summed E-state index contributed by atoms with van der Waals surface area (Å²) in [5.74, 6) is -1.90. The Morgan fingerprint density at radius 2 is 2.24 bits per heavy atom. The van der Waals surface area contributed by atoms with Gasteiger partial charge in [0.15, 0.2) is 0 Å². The molecule has 1 fully saturated rings. The zero-order chi connectivity index (χ0) is 12.3. The third-order valence-electron chi connectivity index (χ3n) is 3.09. The molecule has 0 radical (unpaired) electrons. The van der Waals surface area contributed by atoms with E-state index in [2.05, 4.69) is 10.3 Å². The molecule has 1 saturated carbocycles. The molecule has 2 atom stereocenters. The fourth-order valence-electron chi connectivity index (χ4n) is 2.20. The molecular weight excluding hydrogens is 240 g/mol. The third-order valence-corrected chi connectivity index (χ3v) is 3.87. The molecule has 0 bridgehead atoms. The van der Waals surface area contributed by atoms with E-state index in [9.17, 15) is 9.59 Å². The van der Waals surface area contributed by atoms with Crippen molar-refractivity contribution in [3.63, 3.8) is 0 Å². The van der Waals surface area contributed by atoms with Crippen molar-refractivity contribution in [1.29, 1.82) is 0 Å². The van der Waals surface area contributed by atoms with Crippen molar-refractivity contribution in [3.05, 3.63) is 16.6 Å². The van der Waals surface area contributed by atoms with Gasteiger partial charge < -0.3 is 10.4 Å². The van der Waals surface area contributed by atoms with Crippen molar-refractivity contribution < 1.29 is 14.7 Å². The van der Waals surface area contributed by atoms with Crippen LogP contribution in [0.3, 0.4) is 0 Å². The minimum atomic E-state index is -0.861. The Balaban J connectivity index is 1.89. The van der Waals surface area contributed by atoms with Gasteiger partial charge in [-0.25, -0.2) is 0 Å². The molecular formula is C11H14N2O3S. The Morgan fingerprint density at radius 1 is 1.47 bits per heavy atom. The highest BCUT2D eigenvalue weighted by atomic mass is 32.1. The van der Waals surface area contributed by atoms with E-state index >= 15 is 0 Å². The van der Waals surface area contributed by atoms with Crippen molar-refractivity contribution in [2.45, 2.75) is 25.8 Å². The number of thiazole rings is 1. The summed E-state index contributed by atoms with van der Waals surface area (Å²) in [6.45, 7) is 0.437. The van der Waals surface area contributed by atoms with Crippen LogP contribution in [0.5, 0.6) is 0 Å². The molecule has 2 unspecified atom stereocenters. The second kappa shape index (κ2) is 5.27. The number of hydrogen-bond donors (Lipinski definition) is 2. The minimum Gasteiger partial charge on any atom is -0.481 e. The largest absolute Gasteiger partial charge is 0.481 e. The lowest BCUT2D eigenvalue weighted by atomic mass is 9.95. The van der Waals surface area contributed by atoms with Gasteiger partial charge in [-0.05, 0) is 12.8 Å². The molecule has 1 amide bonds. The molecule has 1 heterocycles. The van der Waals surface area contributed by atoms with Gasteiger partial charge in [0.1, 0.15) is 0 Å². The van der Waals surface area contributed by atoms with Crippen LogP contribution in [0.4, 0.5) is 0 Å². The van der Waals surface area contributed by atoms with Crippen molar-refractivity contribution in [2.75, 3.05) is 0 Å². The molecule has 0 spiro atoms. The van der Waals surface area contributed by atoms with Crippen LogP contribution >= 0.6 is 11.3 Å². The average Bonchev–Trinajstić information content (AvgIpc) is 2.96. The molecule has 1 aromatic rings. The highest BCUT2D eigenvalue weighted by Gasteiger charge is 2.37. The van der Waals surface area contributed by atoms with Crippen LogP contribution in [0.25, 0.3) is 0 Å². The van der Waals surface area contributed by atoms with E-state index < -0.39 is 11.9 Å². The molecule has 0 aliphatic heterocycles. The van der Waals surface area contributed by atoms with Gasteiger partial charge in [0, 0.05) is 11.1 Å². The van der Waals surface area contributed by atoms with Crippen molar-refractivity contribution in [1.82, 2.24) is 10.3 Å². The molecule has 5 nitrogen and oxygen atoms in total. The molecule has 17 heavy (non-hydrogen) atoms. The van der Waals surface area contributed by atoms with Gasteiger partial charge in [0.05, 0.1) is 23.9 Å². The molecule has 2 N–H and O–H groups in total. The summed E-state index contributed by atoms with van der Waals surface area (Å²) in [6.07, 6.45) is 3.79. The first-order valence-corrected chi connectivity index (χ1v) is 6.44. The molecule has 1 aliphatic carbocycles. The second-order valence-corrected chi connectivity index (χ2v) is 5.14. The smallest absolute Gasteiger partial charge is 0.307 e. The van der Waals surface area contributed by atoms with E-state index in [0.29, 0.717) is 19.4 Å². The van der Waals surface area contributed by atoms with E-state index in [1.807, 2.05) is 0 Å². The lowest BCUT2D eigenvalue weighted by Gasteiger charge is -2.14. The van der Waals surface area contributed by atoms with Gasteiger partial charge in [-0.2, -0.15) is 0 Å². The quantitative estimate of drug-likeness (QED) is 0.847. The summed E-state index contributed by atoms with van der Waals surface area (Å²) in [7, 11) is 0. The summed E-state index contributed by atoms with van der Waals surface area (Å²) in [5, 5.41) is 11.8. The van der Waals surface area contributed by atoms with Gasteiger partial charge in [-0.15, -0.1) is 11.3 Å². The van der Waals surface area contributed by atoms with Crippen LogP contribution in [0.1, 0.15) is 24.1 Å². The van der Waals surface area contributed by atoms with E-state index in [1.54, 1.807) is 11.7 Å². The van der Waals surface area contributed by atoms with Crippen LogP contribution in [0, 0.1) is 11.8 Å². The first-order valence-electron chi connectivity index (χ1n) is 5.56. The number of hydrogen-bond acceptors (Lipinski definition) is 4. The van der Waals surface area contributed by atoms with E-state index in [4.69, 9.17) is 5.11 Å². The molecule has 0 saturated heterocycles. The van der Waals surface area contributed by atoms with Gasteiger partial charge >= 0.3 is 5.97 Å². The highest BCUT2D eigenvalue weighted by Crippen LogP contribution is 2.32. The predicted molar refractivity (Wildman–Crippen MR) is 62.4 cm³/mol. The lowest BCUT2D eigenvalue weighted by molar-refractivity contribution is -0.146. The minimum absolute atomic E-state index is 0.150. The van der Waals surface area contributed by atoms with Gasteiger partial charge in [-0.3, -0.25) is 14.6 Å². The fraction of sp³-hybridized carbons (Fsp3) is 0.545. The maximum absolute atomic E-state index is 11.9. The van der Waals surface area contributed by atoms with Crippen LogP contribution in [-0.4, -0.2) is 22.0 Å². The number of carboxylic acid groups (broad SMARTS) is 1. The fourth-order valence-corrected chi connectivity index (χ4v) is 2.74. The topological polar surface area (TPSA) is 79.3 Å². The number of nitrogens with one attached hydrogen (secondary N) is 1. The summed E-state index contributed by atoms with van der Waals surface area (Å²) in [4.78, 5) is 27.7. The average molecular weight is 254 g/mol. The predicted octanol–water partition coefficient (Wildman–Crippen LogP) is 1.26.